The van der Waals surface area contributed by atoms with E-state index in [0.29, 0.717) is 18.4 Å². The molecule has 102 valence electrons. The maximum absolute atomic E-state index is 12.3. The summed E-state index contributed by atoms with van der Waals surface area (Å²) in [6, 6.07) is 7.66. The molecule has 1 N–H and O–H groups in total. The van der Waals surface area contributed by atoms with Crippen molar-refractivity contribution in [3.8, 4) is 5.75 Å². The van der Waals surface area contributed by atoms with Gasteiger partial charge in [0, 0.05) is 12.0 Å². The maximum atomic E-state index is 12.3. The van der Waals surface area contributed by atoms with E-state index in [1.807, 2.05) is 24.3 Å². The predicted octanol–water partition coefficient (Wildman–Crippen LogP) is 2.80. The van der Waals surface area contributed by atoms with Gasteiger partial charge in [0.15, 0.2) is 5.78 Å². The van der Waals surface area contributed by atoms with Gasteiger partial charge >= 0.3 is 0 Å². The molecule has 0 radical (unpaired) electrons. The van der Waals surface area contributed by atoms with E-state index in [2.05, 4.69) is 5.32 Å². The fourth-order valence-electron chi connectivity index (χ4n) is 2.60. The molecule has 1 unspecified atom stereocenters. The lowest BCUT2D eigenvalue weighted by Crippen LogP contribution is -2.31. The van der Waals surface area contributed by atoms with Gasteiger partial charge in [-0.1, -0.05) is 12.1 Å². The smallest absolute Gasteiger partial charge is 0.163 e. The zero-order chi connectivity index (χ0) is 13.1. The Kier molecular flexibility index (Phi) is 3.83. The quantitative estimate of drug-likeness (QED) is 0.826. The summed E-state index contributed by atoms with van der Waals surface area (Å²) < 4.78 is 5.74. The summed E-state index contributed by atoms with van der Waals surface area (Å²) in [5.74, 6) is 1.58. The normalized spacial score (nSPS) is 23.1. The predicted molar refractivity (Wildman–Crippen MR) is 74.6 cm³/mol. The van der Waals surface area contributed by atoms with E-state index in [1.165, 1.54) is 6.42 Å². The Hall–Kier alpha value is -1.35. The highest BCUT2D eigenvalue weighted by atomic mass is 16.5. The van der Waals surface area contributed by atoms with Crippen LogP contribution in [0.4, 0.5) is 0 Å². The molecule has 1 heterocycles. The van der Waals surface area contributed by atoms with Crippen LogP contribution in [0.2, 0.25) is 0 Å². The third-order valence-corrected chi connectivity index (χ3v) is 3.86. The highest BCUT2D eigenvalue weighted by Crippen LogP contribution is 2.27. The summed E-state index contributed by atoms with van der Waals surface area (Å²) in [6.45, 7) is 2.07. The first-order chi connectivity index (χ1) is 9.31. The molecule has 1 aliphatic heterocycles. The molecule has 0 aromatic heterocycles. The highest BCUT2D eigenvalue weighted by molar-refractivity contribution is 5.96. The Labute approximate surface area is 114 Å². The largest absolute Gasteiger partial charge is 0.490 e. The van der Waals surface area contributed by atoms with Gasteiger partial charge in [0.2, 0.25) is 0 Å². The number of carbonyl (C=O) groups excluding carboxylic acids is 1. The van der Waals surface area contributed by atoms with Crippen molar-refractivity contribution in [1.29, 1.82) is 0 Å². The van der Waals surface area contributed by atoms with Crippen molar-refractivity contribution in [3.63, 3.8) is 0 Å². The Bertz CT molecular complexity index is 448. The Morgan fingerprint density at radius 3 is 2.95 bits per heavy atom. The Morgan fingerprint density at radius 1 is 1.32 bits per heavy atom. The van der Waals surface area contributed by atoms with Crippen molar-refractivity contribution in [3.05, 3.63) is 29.8 Å². The zero-order valence-corrected chi connectivity index (χ0v) is 11.2. The Morgan fingerprint density at radius 2 is 2.21 bits per heavy atom. The lowest BCUT2D eigenvalue weighted by Gasteiger charge is -2.22. The summed E-state index contributed by atoms with van der Waals surface area (Å²) in [5.41, 5.74) is 0.795. The fraction of sp³-hybridized carbons (Fsp3) is 0.562. The molecule has 1 aliphatic carbocycles. The van der Waals surface area contributed by atoms with Crippen molar-refractivity contribution in [2.45, 2.75) is 38.2 Å². The minimum absolute atomic E-state index is 0.245. The monoisotopic (exact) mass is 259 g/mol. The Balaban J connectivity index is 1.61. The van der Waals surface area contributed by atoms with Gasteiger partial charge in [-0.15, -0.1) is 0 Å². The number of hydrogen-bond acceptors (Lipinski definition) is 3. The summed E-state index contributed by atoms with van der Waals surface area (Å²) in [7, 11) is 0. The van der Waals surface area contributed by atoms with E-state index >= 15 is 0 Å². The van der Waals surface area contributed by atoms with Gasteiger partial charge in [-0.3, -0.25) is 4.79 Å². The van der Waals surface area contributed by atoms with Crippen LogP contribution in [0, 0.1) is 5.92 Å². The highest BCUT2D eigenvalue weighted by Gasteiger charge is 2.24. The summed E-state index contributed by atoms with van der Waals surface area (Å²) >= 11 is 0. The lowest BCUT2D eigenvalue weighted by molar-refractivity contribution is 0.0953. The van der Waals surface area contributed by atoms with Crippen molar-refractivity contribution >= 4 is 5.78 Å². The molecule has 3 heteroatoms. The second-order valence-corrected chi connectivity index (χ2v) is 5.68. The lowest BCUT2D eigenvalue weighted by atomic mass is 9.92. The molecule has 1 saturated heterocycles. The van der Waals surface area contributed by atoms with E-state index < -0.39 is 0 Å². The first-order valence-electron chi connectivity index (χ1n) is 7.32. The molecule has 3 rings (SSSR count). The molecule has 1 aromatic carbocycles. The second kappa shape index (κ2) is 5.74. The molecule has 0 amide bonds. The number of piperidine rings is 1. The van der Waals surface area contributed by atoms with Crippen LogP contribution in [0.5, 0.6) is 5.75 Å². The summed E-state index contributed by atoms with van der Waals surface area (Å²) in [4.78, 5) is 12.3. The number of Topliss-reactive ketones (excluding diaryl/α,β-unsaturated/α-hetero) is 1. The molecule has 3 nitrogen and oxygen atoms in total. The molecule has 1 atom stereocenters. The van der Waals surface area contributed by atoms with Crippen LogP contribution in [-0.4, -0.2) is 25.0 Å². The summed E-state index contributed by atoms with van der Waals surface area (Å²) in [6.07, 6.45) is 5.67. The number of benzene rings is 1. The number of ether oxygens (including phenoxy) is 1. The number of nitrogens with one attached hydrogen (secondary N) is 1. The van der Waals surface area contributed by atoms with Crippen LogP contribution in [-0.2, 0) is 0 Å². The van der Waals surface area contributed by atoms with E-state index in [4.69, 9.17) is 4.74 Å². The fourth-order valence-corrected chi connectivity index (χ4v) is 2.60. The third kappa shape index (κ3) is 3.57. The van der Waals surface area contributed by atoms with Crippen LogP contribution in [0.15, 0.2) is 24.3 Å². The van der Waals surface area contributed by atoms with Gasteiger partial charge in [0.05, 0.1) is 6.10 Å². The minimum atomic E-state index is 0.245. The number of ketones is 1. The van der Waals surface area contributed by atoms with E-state index in [-0.39, 0.29) is 5.78 Å². The van der Waals surface area contributed by atoms with Gasteiger partial charge in [-0.05, 0) is 56.8 Å². The SMILES string of the molecule is O=C(CC1CCCNC1)c1cccc(OC2CC2)c1. The summed E-state index contributed by atoms with van der Waals surface area (Å²) in [5, 5.41) is 3.36. The molecule has 0 bridgehead atoms. The number of rotatable bonds is 5. The van der Waals surface area contributed by atoms with Gasteiger partial charge in [-0.2, -0.15) is 0 Å². The second-order valence-electron chi connectivity index (χ2n) is 5.68. The first-order valence-corrected chi connectivity index (χ1v) is 7.32. The minimum Gasteiger partial charge on any atom is -0.490 e. The zero-order valence-electron chi connectivity index (χ0n) is 11.2. The van der Waals surface area contributed by atoms with Crippen molar-refractivity contribution < 1.29 is 9.53 Å². The third-order valence-electron chi connectivity index (χ3n) is 3.86. The van der Waals surface area contributed by atoms with Crippen LogP contribution in [0.3, 0.4) is 0 Å². The first kappa shape index (κ1) is 12.7. The molecular formula is C16H21NO2. The van der Waals surface area contributed by atoms with E-state index in [0.717, 1.165) is 43.7 Å². The van der Waals surface area contributed by atoms with Gasteiger partial charge in [-0.25, -0.2) is 0 Å². The molecule has 0 spiro atoms. The molecule has 2 fully saturated rings. The van der Waals surface area contributed by atoms with Gasteiger partial charge in [0.25, 0.3) is 0 Å². The van der Waals surface area contributed by atoms with Gasteiger partial charge < -0.3 is 10.1 Å². The molecule has 2 aliphatic rings. The topological polar surface area (TPSA) is 38.3 Å². The van der Waals surface area contributed by atoms with E-state index in [9.17, 15) is 4.79 Å². The number of hydrogen-bond donors (Lipinski definition) is 1. The molecule has 19 heavy (non-hydrogen) atoms. The molecule has 1 aromatic rings. The molecule has 1 saturated carbocycles. The van der Waals surface area contributed by atoms with Crippen LogP contribution < -0.4 is 10.1 Å². The molecular weight excluding hydrogens is 238 g/mol. The number of carbonyl (C=O) groups is 1. The standard InChI is InChI=1S/C16H21NO2/c18-16(9-12-3-2-8-17-11-12)13-4-1-5-15(10-13)19-14-6-7-14/h1,4-5,10,12,14,17H,2-3,6-9,11H2. The van der Waals surface area contributed by atoms with Crippen LogP contribution in [0.1, 0.15) is 42.5 Å². The van der Waals surface area contributed by atoms with E-state index in [1.54, 1.807) is 0 Å². The average Bonchev–Trinajstić information content (AvgIpc) is 3.24. The average molecular weight is 259 g/mol. The maximum Gasteiger partial charge on any atom is 0.163 e. The van der Waals surface area contributed by atoms with Crippen molar-refractivity contribution in [2.24, 2.45) is 5.92 Å². The van der Waals surface area contributed by atoms with Crippen LogP contribution in [0.25, 0.3) is 0 Å². The van der Waals surface area contributed by atoms with Crippen molar-refractivity contribution in [1.82, 2.24) is 5.32 Å². The van der Waals surface area contributed by atoms with Crippen molar-refractivity contribution in [2.75, 3.05) is 13.1 Å². The van der Waals surface area contributed by atoms with Crippen LogP contribution >= 0.6 is 0 Å². The van der Waals surface area contributed by atoms with Gasteiger partial charge in [0.1, 0.15) is 5.75 Å².